The largest absolute Gasteiger partial charge is 0.249 e. The lowest BCUT2D eigenvalue weighted by Gasteiger charge is -2.03. The summed E-state index contributed by atoms with van der Waals surface area (Å²) < 4.78 is 22.6. The normalized spacial score (nSPS) is 10.3. The second-order valence-electron chi connectivity index (χ2n) is 3.10. The molecule has 0 radical (unpaired) electrons. The van der Waals surface area contributed by atoms with Crippen molar-refractivity contribution in [2.45, 2.75) is 9.79 Å². The summed E-state index contributed by atoms with van der Waals surface area (Å²) in [6.45, 7) is 0. The zero-order valence-electron chi connectivity index (χ0n) is 8.41. The maximum absolute atomic E-state index is 11.3. The molecule has 2 aromatic carbocycles. The van der Waals surface area contributed by atoms with Gasteiger partial charge in [0.15, 0.2) is 0 Å². The summed E-state index contributed by atoms with van der Waals surface area (Å²) in [5.74, 6) is 0. The summed E-state index contributed by atoms with van der Waals surface area (Å²) in [5, 5.41) is 0. The first kappa shape index (κ1) is 11.1. The van der Waals surface area contributed by atoms with E-state index in [1.54, 1.807) is 0 Å². The van der Waals surface area contributed by atoms with E-state index in [4.69, 9.17) is 0 Å². The molecule has 0 unspecified atom stereocenters. The maximum Gasteiger partial charge on any atom is 0.249 e. The first-order chi connectivity index (χ1) is 7.79. The molecule has 16 heavy (non-hydrogen) atoms. The first-order valence-electron chi connectivity index (χ1n) is 4.73. The highest BCUT2D eigenvalue weighted by Gasteiger charge is 2.05. The Morgan fingerprint density at radius 1 is 0.625 bits per heavy atom. The van der Waals surface area contributed by atoms with E-state index in [2.05, 4.69) is 0 Å². The summed E-state index contributed by atoms with van der Waals surface area (Å²) in [7, 11) is -3.01. The van der Waals surface area contributed by atoms with Gasteiger partial charge in [-0.1, -0.05) is 36.4 Å². The van der Waals surface area contributed by atoms with Crippen LogP contribution in [0.25, 0.3) is 0 Å². The van der Waals surface area contributed by atoms with Crippen molar-refractivity contribution in [1.29, 1.82) is 0 Å². The average Bonchev–Trinajstić information content (AvgIpc) is 2.31. The predicted octanol–water partition coefficient (Wildman–Crippen LogP) is 2.52. The van der Waals surface area contributed by atoms with Gasteiger partial charge in [-0.3, -0.25) is 0 Å². The van der Waals surface area contributed by atoms with Crippen LogP contribution in [0.3, 0.4) is 0 Å². The van der Waals surface area contributed by atoms with E-state index in [9.17, 15) is 8.42 Å². The molecular formula is C12H10O2S2. The van der Waals surface area contributed by atoms with Gasteiger partial charge in [0.2, 0.25) is 9.26 Å². The summed E-state index contributed by atoms with van der Waals surface area (Å²) in [6, 6.07) is 18.5. The van der Waals surface area contributed by atoms with E-state index < -0.39 is 18.7 Å². The van der Waals surface area contributed by atoms with Crippen LogP contribution in [-0.2, 0) is 18.7 Å². The third-order valence-electron chi connectivity index (χ3n) is 2.05. The SMILES string of the molecule is O=S(=O)=S(c1ccccc1)c1ccccc1. The third kappa shape index (κ3) is 2.40. The van der Waals surface area contributed by atoms with Gasteiger partial charge in [-0.25, -0.2) is 0 Å². The molecule has 0 spiro atoms. The maximum atomic E-state index is 11.3. The molecule has 2 nitrogen and oxygen atoms in total. The molecule has 0 amide bonds. The van der Waals surface area contributed by atoms with E-state index in [0.717, 1.165) is 9.79 Å². The minimum atomic E-state index is -2.13. The van der Waals surface area contributed by atoms with E-state index in [1.807, 2.05) is 60.7 Å². The van der Waals surface area contributed by atoms with Crippen LogP contribution >= 0.6 is 0 Å². The smallest absolute Gasteiger partial charge is 0.177 e. The van der Waals surface area contributed by atoms with Crippen LogP contribution in [0, 0.1) is 0 Å². The molecule has 82 valence electrons. The molecule has 0 bridgehead atoms. The quantitative estimate of drug-likeness (QED) is 0.820. The molecule has 0 atom stereocenters. The average molecular weight is 250 g/mol. The Labute approximate surface area is 97.7 Å². The van der Waals surface area contributed by atoms with Crippen molar-refractivity contribution in [3.05, 3.63) is 60.7 Å². The van der Waals surface area contributed by atoms with Gasteiger partial charge in [-0.15, -0.1) is 0 Å². The lowest BCUT2D eigenvalue weighted by Crippen LogP contribution is -1.93. The molecule has 0 aromatic heterocycles. The third-order valence-corrected chi connectivity index (χ3v) is 5.69. The van der Waals surface area contributed by atoms with Gasteiger partial charge in [-0.05, 0) is 33.7 Å². The molecule has 4 heteroatoms. The van der Waals surface area contributed by atoms with Crippen LogP contribution in [0.15, 0.2) is 70.5 Å². The van der Waals surface area contributed by atoms with Crippen molar-refractivity contribution >= 4 is 18.7 Å². The number of benzene rings is 2. The molecule has 0 aliphatic rings. The number of rotatable bonds is 2. The topological polar surface area (TPSA) is 34.1 Å². The van der Waals surface area contributed by atoms with Crippen molar-refractivity contribution in [2.75, 3.05) is 0 Å². The summed E-state index contributed by atoms with van der Waals surface area (Å²) in [6.07, 6.45) is 0. The van der Waals surface area contributed by atoms with Gasteiger partial charge in [0.1, 0.15) is 0 Å². The molecular weight excluding hydrogens is 240 g/mol. The Balaban J connectivity index is 2.64. The zero-order chi connectivity index (χ0) is 11.4. The molecule has 0 N–H and O–H groups in total. The summed E-state index contributed by atoms with van der Waals surface area (Å²) in [5.41, 5.74) is 0. The van der Waals surface area contributed by atoms with Crippen LogP contribution in [0.2, 0.25) is 0 Å². The van der Waals surface area contributed by atoms with Crippen LogP contribution in [-0.4, -0.2) is 8.42 Å². The van der Waals surface area contributed by atoms with Crippen molar-refractivity contribution in [2.24, 2.45) is 0 Å². The molecule has 2 rings (SSSR count). The Bertz CT molecular complexity index is 552. The molecule has 0 fully saturated rings. The van der Waals surface area contributed by atoms with Crippen LogP contribution < -0.4 is 0 Å². The Morgan fingerprint density at radius 3 is 1.31 bits per heavy atom. The first-order valence-corrected chi connectivity index (χ1v) is 7.55. The van der Waals surface area contributed by atoms with Gasteiger partial charge in [0, 0.05) is 9.79 Å². The Kier molecular flexibility index (Phi) is 3.54. The Morgan fingerprint density at radius 2 is 1.00 bits per heavy atom. The standard InChI is InChI=1S/C12H10O2S2/c13-16(14)15(11-7-3-1-4-8-11)12-9-5-2-6-10-12/h1-10H. The lowest BCUT2D eigenvalue weighted by atomic mass is 10.4. The van der Waals surface area contributed by atoms with E-state index in [1.165, 1.54) is 0 Å². The fourth-order valence-electron chi connectivity index (χ4n) is 1.38. The zero-order valence-corrected chi connectivity index (χ0v) is 10.0. The molecule has 0 aliphatic heterocycles. The molecule has 0 saturated heterocycles. The van der Waals surface area contributed by atoms with E-state index in [0.29, 0.717) is 0 Å². The summed E-state index contributed by atoms with van der Waals surface area (Å²) >= 11 is 0. The lowest BCUT2D eigenvalue weighted by molar-refractivity contribution is 0.628. The highest BCUT2D eigenvalue weighted by molar-refractivity contribution is 8.34. The van der Waals surface area contributed by atoms with Crippen LogP contribution in [0.4, 0.5) is 0 Å². The highest BCUT2D eigenvalue weighted by atomic mass is 32.9. The number of hydrogen-bond acceptors (Lipinski definition) is 2. The second kappa shape index (κ2) is 5.09. The van der Waals surface area contributed by atoms with E-state index in [-0.39, 0.29) is 0 Å². The minimum Gasteiger partial charge on any atom is -0.177 e. The fourth-order valence-corrected chi connectivity index (χ4v) is 4.39. The van der Waals surface area contributed by atoms with Gasteiger partial charge >= 0.3 is 0 Å². The van der Waals surface area contributed by atoms with Gasteiger partial charge in [-0.2, -0.15) is 8.42 Å². The van der Waals surface area contributed by atoms with Crippen molar-refractivity contribution < 1.29 is 8.42 Å². The fraction of sp³-hybridized carbons (Fsp3) is 0. The predicted molar refractivity (Wildman–Crippen MR) is 65.7 cm³/mol. The van der Waals surface area contributed by atoms with Crippen molar-refractivity contribution in [1.82, 2.24) is 0 Å². The number of hydrogen-bond donors (Lipinski definition) is 0. The molecule has 0 saturated carbocycles. The molecule has 0 heterocycles. The monoisotopic (exact) mass is 250 g/mol. The van der Waals surface area contributed by atoms with Gasteiger partial charge in [0.05, 0.1) is 0 Å². The molecule has 2 aromatic rings. The van der Waals surface area contributed by atoms with Gasteiger partial charge < -0.3 is 0 Å². The molecule has 0 aliphatic carbocycles. The van der Waals surface area contributed by atoms with Gasteiger partial charge in [0.25, 0.3) is 0 Å². The Hall–Kier alpha value is -1.39. The summed E-state index contributed by atoms with van der Waals surface area (Å²) in [4.78, 5) is 1.64. The minimum absolute atomic E-state index is 0.821. The van der Waals surface area contributed by atoms with Crippen molar-refractivity contribution in [3.63, 3.8) is 0 Å². The van der Waals surface area contributed by atoms with Crippen molar-refractivity contribution in [3.8, 4) is 0 Å². The highest BCUT2D eigenvalue weighted by Crippen LogP contribution is 2.16. The van der Waals surface area contributed by atoms with E-state index >= 15 is 0 Å². The second-order valence-corrected chi connectivity index (χ2v) is 6.80. The van der Waals surface area contributed by atoms with Crippen LogP contribution in [0.1, 0.15) is 0 Å². The van der Waals surface area contributed by atoms with Crippen LogP contribution in [0.5, 0.6) is 0 Å².